The average molecular weight is 354 g/mol. The van der Waals surface area contributed by atoms with Crippen LogP contribution in [0.1, 0.15) is 17.2 Å². The summed E-state index contributed by atoms with van der Waals surface area (Å²) >= 11 is 6.00. The molecule has 0 spiro atoms. The molecular formula is C15H16ClN3O3S. The fourth-order valence-electron chi connectivity index (χ4n) is 2.39. The minimum atomic E-state index is -3.80. The predicted molar refractivity (Wildman–Crippen MR) is 89.0 cm³/mol. The minimum absolute atomic E-state index is 0.00146. The van der Waals surface area contributed by atoms with E-state index >= 15 is 0 Å². The van der Waals surface area contributed by atoms with Gasteiger partial charge in [-0.1, -0.05) is 17.7 Å². The number of anilines is 1. The normalized spacial score (nSPS) is 17.0. The van der Waals surface area contributed by atoms with Gasteiger partial charge in [-0.25, -0.2) is 0 Å². The number of pyridine rings is 1. The monoisotopic (exact) mass is 353 g/mol. The van der Waals surface area contributed by atoms with Crippen molar-refractivity contribution in [3.63, 3.8) is 0 Å². The quantitative estimate of drug-likeness (QED) is 0.914. The Bertz CT molecular complexity index is 840. The van der Waals surface area contributed by atoms with Crippen LogP contribution in [0.25, 0.3) is 0 Å². The third kappa shape index (κ3) is 3.41. The molecule has 0 aliphatic carbocycles. The van der Waals surface area contributed by atoms with Gasteiger partial charge >= 0.3 is 10.3 Å². The van der Waals surface area contributed by atoms with E-state index in [1.54, 1.807) is 12.3 Å². The van der Waals surface area contributed by atoms with Crippen molar-refractivity contribution in [1.29, 1.82) is 0 Å². The molecule has 1 atom stereocenters. The van der Waals surface area contributed by atoms with E-state index in [0.717, 1.165) is 27.5 Å². The van der Waals surface area contributed by atoms with Crippen LogP contribution in [0.2, 0.25) is 5.02 Å². The van der Waals surface area contributed by atoms with Crippen LogP contribution < -0.4 is 9.50 Å². The largest absolute Gasteiger partial charge is 0.384 e. The molecule has 1 N–H and O–H groups in total. The number of hydrogen-bond acceptors (Lipinski definition) is 5. The van der Waals surface area contributed by atoms with E-state index in [1.807, 2.05) is 18.2 Å². The molecular weight excluding hydrogens is 338 g/mol. The molecule has 1 aliphatic rings. The summed E-state index contributed by atoms with van der Waals surface area (Å²) in [5.41, 5.74) is 2.99. The third-order valence-electron chi connectivity index (χ3n) is 3.61. The fraction of sp³-hybridized carbons (Fsp3) is 0.267. The van der Waals surface area contributed by atoms with Crippen molar-refractivity contribution in [1.82, 2.24) is 9.29 Å². The van der Waals surface area contributed by atoms with E-state index in [1.165, 1.54) is 20.3 Å². The Labute approximate surface area is 140 Å². The fourth-order valence-corrected chi connectivity index (χ4v) is 3.04. The van der Waals surface area contributed by atoms with Gasteiger partial charge in [0.2, 0.25) is 0 Å². The molecule has 6 nitrogen and oxygen atoms in total. The SMILES string of the molecule is CN(C)S(=O)(=O)Oc1cncc(C2Cc3ccc(Cl)cc3N2)c1. The average Bonchev–Trinajstić information content (AvgIpc) is 2.90. The molecule has 0 saturated carbocycles. The van der Waals surface area contributed by atoms with E-state index in [4.69, 9.17) is 15.8 Å². The molecule has 1 aromatic carbocycles. The lowest BCUT2D eigenvalue weighted by Crippen LogP contribution is -2.27. The summed E-state index contributed by atoms with van der Waals surface area (Å²) in [7, 11) is -0.979. The number of nitrogens with one attached hydrogen (secondary N) is 1. The number of aromatic nitrogens is 1. The zero-order valence-electron chi connectivity index (χ0n) is 12.7. The van der Waals surface area contributed by atoms with Gasteiger partial charge in [0.25, 0.3) is 0 Å². The van der Waals surface area contributed by atoms with E-state index in [2.05, 4.69) is 10.3 Å². The molecule has 0 amide bonds. The first-order valence-corrected chi connectivity index (χ1v) is 8.71. The van der Waals surface area contributed by atoms with Gasteiger partial charge in [-0.3, -0.25) is 4.98 Å². The summed E-state index contributed by atoms with van der Waals surface area (Å²) in [6, 6.07) is 7.39. The molecule has 1 aromatic heterocycles. The number of nitrogens with zero attached hydrogens (tertiary/aromatic N) is 2. The van der Waals surface area contributed by atoms with E-state index in [-0.39, 0.29) is 11.8 Å². The van der Waals surface area contributed by atoms with Crippen molar-refractivity contribution in [2.24, 2.45) is 0 Å². The molecule has 122 valence electrons. The van der Waals surface area contributed by atoms with Crippen LogP contribution in [0.5, 0.6) is 5.75 Å². The molecule has 8 heteroatoms. The smallest absolute Gasteiger partial charge is 0.378 e. The van der Waals surface area contributed by atoms with Crippen LogP contribution in [0.3, 0.4) is 0 Å². The highest BCUT2D eigenvalue weighted by Crippen LogP contribution is 2.36. The molecule has 2 aromatic rings. The van der Waals surface area contributed by atoms with E-state index in [0.29, 0.717) is 5.02 Å². The van der Waals surface area contributed by atoms with Crippen molar-refractivity contribution in [2.75, 3.05) is 19.4 Å². The highest BCUT2D eigenvalue weighted by molar-refractivity contribution is 7.84. The first kappa shape index (κ1) is 16.0. The van der Waals surface area contributed by atoms with Gasteiger partial charge in [-0.15, -0.1) is 0 Å². The molecule has 23 heavy (non-hydrogen) atoms. The van der Waals surface area contributed by atoms with Crippen LogP contribution in [-0.2, 0) is 16.7 Å². The molecule has 1 unspecified atom stereocenters. The van der Waals surface area contributed by atoms with Crippen molar-refractivity contribution >= 4 is 27.6 Å². The molecule has 0 saturated heterocycles. The summed E-state index contributed by atoms with van der Waals surface area (Å²) in [6.07, 6.45) is 3.85. The Morgan fingerprint density at radius 1 is 1.30 bits per heavy atom. The zero-order valence-corrected chi connectivity index (χ0v) is 14.2. The summed E-state index contributed by atoms with van der Waals surface area (Å²) in [5.74, 6) is 0.187. The van der Waals surface area contributed by atoms with Crippen molar-refractivity contribution in [2.45, 2.75) is 12.5 Å². The van der Waals surface area contributed by atoms with Crippen molar-refractivity contribution in [3.8, 4) is 5.75 Å². The van der Waals surface area contributed by atoms with Crippen LogP contribution in [0.4, 0.5) is 5.69 Å². The van der Waals surface area contributed by atoms with Gasteiger partial charge < -0.3 is 9.50 Å². The Kier molecular flexibility index (Phi) is 4.18. The van der Waals surface area contributed by atoms with Gasteiger partial charge in [-0.2, -0.15) is 12.7 Å². The lowest BCUT2D eigenvalue weighted by atomic mass is 10.0. The Morgan fingerprint density at radius 3 is 2.83 bits per heavy atom. The molecule has 0 fully saturated rings. The van der Waals surface area contributed by atoms with Gasteiger partial charge in [0, 0.05) is 31.0 Å². The highest BCUT2D eigenvalue weighted by Gasteiger charge is 2.23. The second kappa shape index (κ2) is 5.99. The molecule has 3 rings (SSSR count). The van der Waals surface area contributed by atoms with Crippen LogP contribution in [0.15, 0.2) is 36.7 Å². The van der Waals surface area contributed by atoms with Gasteiger partial charge in [0.1, 0.15) is 0 Å². The van der Waals surface area contributed by atoms with Crippen molar-refractivity contribution in [3.05, 3.63) is 52.8 Å². The second-order valence-electron chi connectivity index (χ2n) is 5.48. The van der Waals surface area contributed by atoms with Gasteiger partial charge in [-0.05, 0) is 35.7 Å². The van der Waals surface area contributed by atoms with E-state index in [9.17, 15) is 8.42 Å². The molecule has 1 aliphatic heterocycles. The topological polar surface area (TPSA) is 71.5 Å². The lowest BCUT2D eigenvalue weighted by Gasteiger charge is -2.14. The molecule has 0 radical (unpaired) electrons. The van der Waals surface area contributed by atoms with Gasteiger partial charge in [0.15, 0.2) is 5.75 Å². The molecule has 0 bridgehead atoms. The number of rotatable bonds is 4. The standard InChI is InChI=1S/C15H16ClN3O3S/c1-19(2)23(20,21)22-13-5-11(8-17-9-13)14-6-10-3-4-12(16)7-15(10)18-14/h3-5,7-9,14,18H,6H2,1-2H3. The summed E-state index contributed by atoms with van der Waals surface area (Å²) in [5, 5.41) is 4.04. The second-order valence-corrected chi connectivity index (χ2v) is 7.67. The Hall–Kier alpha value is -1.83. The number of hydrogen-bond donors (Lipinski definition) is 1. The Morgan fingerprint density at radius 2 is 2.09 bits per heavy atom. The highest BCUT2D eigenvalue weighted by atomic mass is 35.5. The first-order chi connectivity index (χ1) is 10.8. The third-order valence-corrected chi connectivity index (χ3v) is 5.14. The lowest BCUT2D eigenvalue weighted by molar-refractivity contribution is 0.420. The van der Waals surface area contributed by atoms with Crippen molar-refractivity contribution < 1.29 is 12.6 Å². The maximum absolute atomic E-state index is 11.8. The van der Waals surface area contributed by atoms with Crippen LogP contribution in [0, 0.1) is 0 Å². The number of benzene rings is 1. The summed E-state index contributed by atoms with van der Waals surface area (Å²) < 4.78 is 29.6. The maximum Gasteiger partial charge on any atom is 0.384 e. The summed E-state index contributed by atoms with van der Waals surface area (Å²) in [4.78, 5) is 4.08. The Balaban J connectivity index is 1.82. The maximum atomic E-state index is 11.8. The summed E-state index contributed by atoms with van der Waals surface area (Å²) in [6.45, 7) is 0. The minimum Gasteiger partial charge on any atom is -0.378 e. The zero-order chi connectivity index (χ0) is 16.6. The molecule has 2 heterocycles. The number of halogens is 1. The van der Waals surface area contributed by atoms with Crippen LogP contribution >= 0.6 is 11.6 Å². The van der Waals surface area contributed by atoms with E-state index < -0.39 is 10.3 Å². The van der Waals surface area contributed by atoms with Gasteiger partial charge in [0.05, 0.1) is 12.2 Å². The predicted octanol–water partition coefficient (Wildman–Crippen LogP) is 2.63. The number of fused-ring (bicyclic) bond motifs is 1. The first-order valence-electron chi connectivity index (χ1n) is 6.97. The van der Waals surface area contributed by atoms with Crippen LogP contribution in [-0.4, -0.2) is 31.8 Å².